The van der Waals surface area contributed by atoms with Gasteiger partial charge in [-0.3, -0.25) is 9.59 Å². The maximum atomic E-state index is 12.4. The Morgan fingerprint density at radius 3 is 2.52 bits per heavy atom. The fraction of sp³-hybridized carbons (Fsp3) is 0.200. The fourth-order valence-electron chi connectivity index (χ4n) is 2.93. The Balaban J connectivity index is 1.74. The van der Waals surface area contributed by atoms with Crippen molar-refractivity contribution in [1.82, 2.24) is 9.88 Å². The van der Waals surface area contributed by atoms with Crippen LogP contribution in [0.3, 0.4) is 0 Å². The van der Waals surface area contributed by atoms with E-state index in [0.717, 1.165) is 22.2 Å². The summed E-state index contributed by atoms with van der Waals surface area (Å²) in [6, 6.07) is 17.4. The highest BCUT2D eigenvalue weighted by Crippen LogP contribution is 2.24. The Labute approximate surface area is 146 Å². The zero-order valence-corrected chi connectivity index (χ0v) is 14.3. The minimum Gasteiger partial charge on any atom is -0.348 e. The summed E-state index contributed by atoms with van der Waals surface area (Å²) in [6.07, 6.45) is 1.86. The molecule has 0 aliphatic heterocycles. The van der Waals surface area contributed by atoms with Crippen LogP contribution in [0.15, 0.2) is 60.8 Å². The van der Waals surface area contributed by atoms with Crippen molar-refractivity contribution in [2.45, 2.75) is 26.4 Å². The Kier molecular flexibility index (Phi) is 4.84. The van der Waals surface area contributed by atoms with Crippen LogP contribution >= 0.6 is 0 Å². The van der Waals surface area contributed by atoms with E-state index in [4.69, 9.17) is 0 Å². The number of rotatable bonds is 5. The highest BCUT2D eigenvalue weighted by Gasteiger charge is 2.12. The highest BCUT2D eigenvalue weighted by molar-refractivity contribution is 6.01. The van der Waals surface area contributed by atoms with Crippen molar-refractivity contribution in [3.8, 4) is 0 Å². The number of nitrogens with one attached hydrogen (secondary N) is 2. The van der Waals surface area contributed by atoms with Gasteiger partial charge in [-0.2, -0.15) is 0 Å². The number of hydrogen-bond acceptors (Lipinski definition) is 2. The van der Waals surface area contributed by atoms with E-state index < -0.39 is 0 Å². The van der Waals surface area contributed by atoms with Gasteiger partial charge in [0.15, 0.2) is 0 Å². The predicted molar refractivity (Wildman–Crippen MR) is 99.2 cm³/mol. The normalized spacial score (nSPS) is 11.9. The van der Waals surface area contributed by atoms with Crippen LogP contribution < -0.4 is 10.6 Å². The van der Waals surface area contributed by atoms with Crippen LogP contribution in [0.1, 0.15) is 25.5 Å². The highest BCUT2D eigenvalue weighted by atomic mass is 16.2. The van der Waals surface area contributed by atoms with Crippen molar-refractivity contribution >= 4 is 28.4 Å². The van der Waals surface area contributed by atoms with Crippen LogP contribution in [0.4, 0.5) is 5.69 Å². The van der Waals surface area contributed by atoms with Crippen molar-refractivity contribution in [1.29, 1.82) is 0 Å². The average Bonchev–Trinajstić information content (AvgIpc) is 2.99. The van der Waals surface area contributed by atoms with E-state index in [0.29, 0.717) is 0 Å². The number of aromatic nitrogens is 1. The molecule has 0 aliphatic rings. The van der Waals surface area contributed by atoms with E-state index in [1.165, 1.54) is 6.92 Å². The molecule has 0 spiro atoms. The van der Waals surface area contributed by atoms with Crippen LogP contribution in [0.2, 0.25) is 0 Å². The third-order valence-corrected chi connectivity index (χ3v) is 4.12. The van der Waals surface area contributed by atoms with Gasteiger partial charge >= 0.3 is 0 Å². The number of carbonyl (C=O) groups excluding carboxylic acids is 2. The van der Waals surface area contributed by atoms with Crippen molar-refractivity contribution in [2.24, 2.45) is 0 Å². The first-order chi connectivity index (χ1) is 12.0. The summed E-state index contributed by atoms with van der Waals surface area (Å²) in [4.78, 5) is 23.7. The van der Waals surface area contributed by atoms with Gasteiger partial charge in [-0.25, -0.2) is 0 Å². The molecular formula is C20H21N3O2. The van der Waals surface area contributed by atoms with Crippen LogP contribution in [0.25, 0.3) is 10.9 Å². The summed E-state index contributed by atoms with van der Waals surface area (Å²) in [5.74, 6) is -0.173. The average molecular weight is 335 g/mol. The molecule has 128 valence electrons. The molecule has 2 N–H and O–H groups in total. The van der Waals surface area contributed by atoms with E-state index in [9.17, 15) is 9.59 Å². The van der Waals surface area contributed by atoms with Crippen LogP contribution in [-0.4, -0.2) is 16.4 Å². The number of nitrogens with zero attached hydrogens (tertiary/aromatic N) is 1. The molecule has 3 aromatic rings. The molecule has 1 heterocycles. The SMILES string of the molecule is CC(=O)Nc1cccc2c1ccn2CC(=O)N[C@H](C)c1ccccc1. The van der Waals surface area contributed by atoms with Gasteiger partial charge in [0, 0.05) is 18.5 Å². The van der Waals surface area contributed by atoms with Gasteiger partial charge in [-0.05, 0) is 30.7 Å². The molecule has 1 atom stereocenters. The van der Waals surface area contributed by atoms with E-state index in [-0.39, 0.29) is 24.4 Å². The Hall–Kier alpha value is -3.08. The lowest BCUT2D eigenvalue weighted by Crippen LogP contribution is -2.29. The monoisotopic (exact) mass is 335 g/mol. The van der Waals surface area contributed by atoms with Gasteiger partial charge in [0.2, 0.25) is 11.8 Å². The molecule has 5 heteroatoms. The van der Waals surface area contributed by atoms with E-state index in [1.54, 1.807) is 0 Å². The summed E-state index contributed by atoms with van der Waals surface area (Å²) in [6.45, 7) is 3.67. The summed E-state index contributed by atoms with van der Waals surface area (Å²) < 4.78 is 1.88. The quantitative estimate of drug-likeness (QED) is 0.750. The smallest absolute Gasteiger partial charge is 0.240 e. The molecule has 0 fully saturated rings. The van der Waals surface area contributed by atoms with Crippen molar-refractivity contribution in [2.75, 3.05) is 5.32 Å². The first kappa shape index (κ1) is 16.8. The second kappa shape index (κ2) is 7.21. The number of fused-ring (bicyclic) bond motifs is 1. The van der Waals surface area contributed by atoms with Gasteiger partial charge < -0.3 is 15.2 Å². The van der Waals surface area contributed by atoms with E-state index >= 15 is 0 Å². The molecule has 0 saturated carbocycles. The molecule has 3 rings (SSSR count). The Bertz CT molecular complexity index is 900. The number of benzene rings is 2. The van der Waals surface area contributed by atoms with E-state index in [2.05, 4.69) is 10.6 Å². The minimum absolute atomic E-state index is 0.0505. The number of amides is 2. The molecule has 0 bridgehead atoms. The standard InChI is InChI=1S/C20H21N3O2/c1-14(16-7-4-3-5-8-16)21-20(25)13-23-12-11-17-18(22-15(2)24)9-6-10-19(17)23/h3-12,14H,13H2,1-2H3,(H,21,25)(H,22,24)/t14-/m1/s1. The largest absolute Gasteiger partial charge is 0.348 e. The number of carbonyl (C=O) groups is 2. The van der Waals surface area contributed by atoms with Gasteiger partial charge in [-0.15, -0.1) is 0 Å². The molecule has 5 nitrogen and oxygen atoms in total. The van der Waals surface area contributed by atoms with Crippen molar-refractivity contribution < 1.29 is 9.59 Å². The molecule has 0 radical (unpaired) electrons. The van der Waals surface area contributed by atoms with Crippen molar-refractivity contribution in [3.05, 3.63) is 66.4 Å². The summed E-state index contributed by atoms with van der Waals surface area (Å²) in [5.41, 5.74) is 2.73. The lowest BCUT2D eigenvalue weighted by atomic mass is 10.1. The first-order valence-electron chi connectivity index (χ1n) is 8.24. The summed E-state index contributed by atoms with van der Waals surface area (Å²) >= 11 is 0. The van der Waals surface area contributed by atoms with Crippen LogP contribution in [-0.2, 0) is 16.1 Å². The van der Waals surface area contributed by atoms with Gasteiger partial charge in [-0.1, -0.05) is 36.4 Å². The van der Waals surface area contributed by atoms with Gasteiger partial charge in [0.25, 0.3) is 0 Å². The maximum absolute atomic E-state index is 12.4. The van der Waals surface area contributed by atoms with Gasteiger partial charge in [0.1, 0.15) is 6.54 Å². The topological polar surface area (TPSA) is 63.1 Å². The zero-order valence-electron chi connectivity index (χ0n) is 14.3. The lowest BCUT2D eigenvalue weighted by molar-refractivity contribution is -0.122. The summed E-state index contributed by atoms with van der Waals surface area (Å²) in [7, 11) is 0. The Morgan fingerprint density at radius 2 is 1.80 bits per heavy atom. The second-order valence-corrected chi connectivity index (χ2v) is 6.06. The van der Waals surface area contributed by atoms with Gasteiger partial charge in [0.05, 0.1) is 17.2 Å². The molecule has 0 unspecified atom stereocenters. The predicted octanol–water partition coefficient (Wildman–Crippen LogP) is 3.48. The molecule has 2 amide bonds. The molecule has 0 aliphatic carbocycles. The third-order valence-electron chi connectivity index (χ3n) is 4.12. The second-order valence-electron chi connectivity index (χ2n) is 6.06. The summed E-state index contributed by atoms with van der Waals surface area (Å²) in [5, 5.41) is 6.75. The zero-order chi connectivity index (χ0) is 17.8. The molecular weight excluding hydrogens is 314 g/mol. The fourth-order valence-corrected chi connectivity index (χ4v) is 2.93. The lowest BCUT2D eigenvalue weighted by Gasteiger charge is -2.15. The Morgan fingerprint density at radius 1 is 1.04 bits per heavy atom. The third kappa shape index (κ3) is 3.88. The minimum atomic E-state index is -0.116. The molecule has 0 saturated heterocycles. The van der Waals surface area contributed by atoms with Crippen LogP contribution in [0.5, 0.6) is 0 Å². The van der Waals surface area contributed by atoms with E-state index in [1.807, 2.05) is 72.3 Å². The molecule has 25 heavy (non-hydrogen) atoms. The molecule has 1 aromatic heterocycles. The number of anilines is 1. The maximum Gasteiger partial charge on any atom is 0.240 e. The first-order valence-corrected chi connectivity index (χ1v) is 8.24. The van der Waals surface area contributed by atoms with Crippen molar-refractivity contribution in [3.63, 3.8) is 0 Å². The molecule has 2 aromatic carbocycles. The van der Waals surface area contributed by atoms with Crippen LogP contribution in [0, 0.1) is 0 Å². The number of hydrogen-bond donors (Lipinski definition) is 2.